The molecule has 0 spiro atoms. The molecule has 4 nitrogen and oxygen atoms in total. The summed E-state index contributed by atoms with van der Waals surface area (Å²) in [4.78, 5) is 18.3. The number of halogens is 3. The average Bonchev–Trinajstić information content (AvgIpc) is 3.38. The normalized spacial score (nSPS) is 12.8. The smallest absolute Gasteiger partial charge is 0.137 e. The molecule has 0 radical (unpaired) electrons. The fourth-order valence-electron chi connectivity index (χ4n) is 5.75. The van der Waals surface area contributed by atoms with Crippen LogP contribution in [0.2, 0.25) is 0 Å². The highest BCUT2D eigenvalue weighted by Crippen LogP contribution is 2.37. The van der Waals surface area contributed by atoms with E-state index in [0.717, 1.165) is 33.9 Å². The summed E-state index contributed by atoms with van der Waals surface area (Å²) in [5.41, 5.74) is 11.1. The van der Waals surface area contributed by atoms with Gasteiger partial charge < -0.3 is 10.5 Å². The number of nitrogens with zero attached hydrogens (tertiary/aromatic N) is 1. The Morgan fingerprint density at radius 3 is 2.27 bits per heavy atom. The van der Waals surface area contributed by atoms with E-state index in [2.05, 4.69) is 4.98 Å². The Morgan fingerprint density at radius 2 is 1.52 bits per heavy atom. The number of ketones is 1. The van der Waals surface area contributed by atoms with Crippen molar-refractivity contribution in [2.24, 2.45) is 0 Å². The van der Waals surface area contributed by atoms with E-state index < -0.39 is 17.6 Å². The molecule has 0 saturated carbocycles. The molecule has 5 aromatic rings. The first-order valence-corrected chi connectivity index (χ1v) is 14.3. The summed E-state index contributed by atoms with van der Waals surface area (Å²) in [6.45, 7) is 0. The SMILES string of the molecule is Nc1ccc(-c2ccc(Oc3ccccc3)cc2)c(C(CC(=O)CC2=CCc3ccc(F)cc32)Cc2cc(F)cc(F)c2)n1. The summed E-state index contributed by atoms with van der Waals surface area (Å²) in [6.07, 6.45) is 2.88. The fraction of sp³-hybridized carbons (Fsp3) is 0.135. The largest absolute Gasteiger partial charge is 0.457 e. The number of ether oxygens (including phenoxy) is 1. The fourth-order valence-corrected chi connectivity index (χ4v) is 5.75. The van der Waals surface area contributed by atoms with Gasteiger partial charge in [0.05, 0.1) is 5.69 Å². The second kappa shape index (κ2) is 12.6. The molecule has 0 amide bonds. The minimum absolute atomic E-state index is 0.0405. The zero-order valence-corrected chi connectivity index (χ0v) is 23.8. The van der Waals surface area contributed by atoms with Gasteiger partial charge in [-0.3, -0.25) is 4.79 Å². The molecule has 6 rings (SSSR count). The summed E-state index contributed by atoms with van der Waals surface area (Å²) in [5.74, 6) is -0.785. The Labute approximate surface area is 253 Å². The van der Waals surface area contributed by atoms with Crippen LogP contribution in [0.5, 0.6) is 11.5 Å². The number of allylic oxidation sites excluding steroid dienone is 2. The molecule has 1 unspecified atom stereocenters. The number of Topliss-reactive ketones (excluding diaryl/α,β-unsaturated/α-hetero) is 1. The minimum Gasteiger partial charge on any atom is -0.457 e. The van der Waals surface area contributed by atoms with Gasteiger partial charge in [0.2, 0.25) is 0 Å². The van der Waals surface area contributed by atoms with Crippen LogP contribution in [0.4, 0.5) is 19.0 Å². The van der Waals surface area contributed by atoms with Gasteiger partial charge >= 0.3 is 0 Å². The second-order valence-corrected chi connectivity index (χ2v) is 10.9. The van der Waals surface area contributed by atoms with E-state index in [9.17, 15) is 18.0 Å². The van der Waals surface area contributed by atoms with Crippen molar-refractivity contribution in [3.63, 3.8) is 0 Å². The van der Waals surface area contributed by atoms with Crippen LogP contribution < -0.4 is 10.5 Å². The third-order valence-corrected chi connectivity index (χ3v) is 7.73. The molecular weight excluding hydrogens is 561 g/mol. The highest BCUT2D eigenvalue weighted by atomic mass is 19.1. The Balaban J connectivity index is 1.31. The maximum atomic E-state index is 14.2. The Bertz CT molecular complexity index is 1830. The van der Waals surface area contributed by atoms with Gasteiger partial charge in [0.25, 0.3) is 0 Å². The van der Waals surface area contributed by atoms with Crippen molar-refractivity contribution in [1.82, 2.24) is 4.98 Å². The molecule has 2 N–H and O–H groups in total. The van der Waals surface area contributed by atoms with Crippen molar-refractivity contribution in [2.45, 2.75) is 31.6 Å². The van der Waals surface area contributed by atoms with E-state index in [0.29, 0.717) is 29.2 Å². The molecule has 1 heterocycles. The first-order chi connectivity index (χ1) is 21.3. The molecule has 0 aliphatic heterocycles. The van der Waals surface area contributed by atoms with E-state index in [-0.39, 0.29) is 36.7 Å². The van der Waals surface area contributed by atoms with Gasteiger partial charge in [0.15, 0.2) is 0 Å². The lowest BCUT2D eigenvalue weighted by Gasteiger charge is -2.21. The van der Waals surface area contributed by atoms with Crippen LogP contribution in [0.15, 0.2) is 109 Å². The quantitative estimate of drug-likeness (QED) is 0.176. The molecule has 0 saturated heterocycles. The van der Waals surface area contributed by atoms with Crippen molar-refractivity contribution in [3.8, 4) is 22.6 Å². The molecule has 44 heavy (non-hydrogen) atoms. The number of anilines is 1. The van der Waals surface area contributed by atoms with Crippen LogP contribution >= 0.6 is 0 Å². The van der Waals surface area contributed by atoms with Crippen molar-refractivity contribution < 1.29 is 22.7 Å². The first-order valence-electron chi connectivity index (χ1n) is 14.3. The topological polar surface area (TPSA) is 65.2 Å². The zero-order chi connectivity index (χ0) is 30.6. The molecule has 7 heteroatoms. The van der Waals surface area contributed by atoms with Crippen molar-refractivity contribution in [3.05, 3.63) is 149 Å². The molecule has 1 aliphatic rings. The number of nitrogen functional groups attached to an aromatic ring is 1. The highest BCUT2D eigenvalue weighted by molar-refractivity contribution is 5.92. The molecule has 0 bridgehead atoms. The maximum absolute atomic E-state index is 14.2. The Hall–Kier alpha value is -5.17. The number of hydrogen-bond donors (Lipinski definition) is 1. The molecule has 0 fully saturated rings. The highest BCUT2D eigenvalue weighted by Gasteiger charge is 2.25. The number of aromatic nitrogens is 1. The zero-order valence-electron chi connectivity index (χ0n) is 23.8. The van der Waals surface area contributed by atoms with Gasteiger partial charge in [-0.05, 0) is 101 Å². The monoisotopic (exact) mass is 590 g/mol. The molecule has 1 aromatic heterocycles. The molecule has 220 valence electrons. The Kier molecular flexibility index (Phi) is 8.28. The lowest BCUT2D eigenvalue weighted by molar-refractivity contribution is -0.118. The van der Waals surface area contributed by atoms with E-state index in [1.165, 1.54) is 24.3 Å². The number of para-hydroxylation sites is 1. The number of pyridine rings is 1. The number of nitrogens with two attached hydrogens (primary N) is 1. The lowest BCUT2D eigenvalue weighted by Crippen LogP contribution is -2.14. The predicted octanol–water partition coefficient (Wildman–Crippen LogP) is 8.86. The average molecular weight is 591 g/mol. The number of rotatable bonds is 10. The van der Waals surface area contributed by atoms with Gasteiger partial charge in [-0.15, -0.1) is 0 Å². The van der Waals surface area contributed by atoms with E-state index in [1.807, 2.05) is 66.7 Å². The van der Waals surface area contributed by atoms with Gasteiger partial charge in [-0.2, -0.15) is 0 Å². The molecule has 1 atom stereocenters. The predicted molar refractivity (Wildman–Crippen MR) is 166 cm³/mol. The van der Waals surface area contributed by atoms with Crippen LogP contribution in [0, 0.1) is 17.5 Å². The number of hydrogen-bond acceptors (Lipinski definition) is 4. The van der Waals surface area contributed by atoms with Crippen LogP contribution in [0.1, 0.15) is 41.1 Å². The third-order valence-electron chi connectivity index (χ3n) is 7.73. The maximum Gasteiger partial charge on any atom is 0.137 e. The number of carbonyl (C=O) groups excluding carboxylic acids is 1. The third kappa shape index (κ3) is 6.73. The number of carbonyl (C=O) groups is 1. The summed E-state index contributed by atoms with van der Waals surface area (Å²) in [6, 6.07) is 28.4. The summed E-state index contributed by atoms with van der Waals surface area (Å²) in [5, 5.41) is 0. The van der Waals surface area contributed by atoms with Crippen molar-refractivity contribution >= 4 is 17.2 Å². The van der Waals surface area contributed by atoms with Gasteiger partial charge in [0.1, 0.15) is 40.6 Å². The van der Waals surface area contributed by atoms with E-state index >= 15 is 0 Å². The molecule has 1 aliphatic carbocycles. The van der Waals surface area contributed by atoms with E-state index in [4.69, 9.17) is 10.5 Å². The number of benzene rings is 4. The molecular formula is C37H29F3N2O2. The summed E-state index contributed by atoms with van der Waals surface area (Å²) < 4.78 is 48.3. The number of fused-ring (bicyclic) bond motifs is 1. The van der Waals surface area contributed by atoms with Gasteiger partial charge in [0, 0.05) is 30.4 Å². The van der Waals surface area contributed by atoms with Crippen LogP contribution in [0.3, 0.4) is 0 Å². The van der Waals surface area contributed by atoms with Crippen molar-refractivity contribution in [2.75, 3.05) is 5.73 Å². The van der Waals surface area contributed by atoms with Gasteiger partial charge in [-0.1, -0.05) is 42.5 Å². The van der Waals surface area contributed by atoms with E-state index in [1.54, 1.807) is 12.1 Å². The van der Waals surface area contributed by atoms with Gasteiger partial charge in [-0.25, -0.2) is 18.2 Å². The van der Waals surface area contributed by atoms with Crippen LogP contribution in [-0.2, 0) is 17.6 Å². The Morgan fingerprint density at radius 1 is 0.795 bits per heavy atom. The summed E-state index contributed by atoms with van der Waals surface area (Å²) >= 11 is 0. The van der Waals surface area contributed by atoms with Crippen LogP contribution in [-0.4, -0.2) is 10.8 Å². The second-order valence-electron chi connectivity index (χ2n) is 10.9. The van der Waals surface area contributed by atoms with Crippen LogP contribution in [0.25, 0.3) is 16.7 Å². The summed E-state index contributed by atoms with van der Waals surface area (Å²) in [7, 11) is 0. The van der Waals surface area contributed by atoms with Crippen molar-refractivity contribution in [1.29, 1.82) is 0 Å². The lowest BCUT2D eigenvalue weighted by atomic mass is 9.85. The molecule has 4 aromatic carbocycles. The minimum atomic E-state index is -0.699. The standard InChI is InChI=1S/C37H29F3N2O2/c38-28-11-8-25-6-7-26(35(25)22-28)19-31(43)20-27(16-23-17-29(39)21-30(40)18-23)37-34(14-15-36(41)42-37)24-9-12-33(13-10-24)44-32-4-2-1-3-5-32/h1-5,7-15,17-18,21-22,27H,6,16,19-20H2,(H2,41,42). The first kappa shape index (κ1) is 28.9.